The lowest BCUT2D eigenvalue weighted by Crippen LogP contribution is -2.26. The Balaban J connectivity index is 2.16. The molecule has 1 fully saturated rings. The number of aromatic nitrogens is 4. The van der Waals surface area contributed by atoms with Gasteiger partial charge in [0.25, 0.3) is 0 Å². The number of alkyl halides is 1. The number of imidazole rings is 1. The number of hydrogen-bond acceptors (Lipinski definition) is 4. The second kappa shape index (κ2) is 4.39. The van der Waals surface area contributed by atoms with Crippen LogP contribution in [-0.4, -0.2) is 26.6 Å². The third-order valence-corrected chi connectivity index (χ3v) is 3.78. The Morgan fingerprint density at radius 1 is 1.44 bits per heavy atom. The highest BCUT2D eigenvalue weighted by Crippen LogP contribution is 2.40. The molecule has 0 atom stereocenters. The van der Waals surface area contributed by atoms with E-state index in [9.17, 15) is 0 Å². The minimum atomic E-state index is 0.379. The molecule has 18 heavy (non-hydrogen) atoms. The number of hydrogen-bond donors (Lipinski definition) is 0. The van der Waals surface area contributed by atoms with Crippen LogP contribution >= 0.6 is 11.6 Å². The molecule has 5 nitrogen and oxygen atoms in total. The molecule has 2 aromatic heterocycles. The van der Waals surface area contributed by atoms with Gasteiger partial charge in [0, 0.05) is 6.04 Å². The van der Waals surface area contributed by atoms with Crippen LogP contribution in [0.2, 0.25) is 0 Å². The van der Waals surface area contributed by atoms with Crippen molar-refractivity contribution in [3.05, 3.63) is 12.2 Å². The largest absolute Gasteiger partial charge is 0.479 e. The van der Waals surface area contributed by atoms with Crippen LogP contribution in [0.25, 0.3) is 11.2 Å². The summed E-state index contributed by atoms with van der Waals surface area (Å²) in [5.74, 6) is 2.50. The van der Waals surface area contributed by atoms with E-state index in [0.29, 0.717) is 23.3 Å². The molecule has 0 aliphatic heterocycles. The molecule has 1 saturated carbocycles. The summed E-state index contributed by atoms with van der Waals surface area (Å²) in [6.07, 6.45) is 3.82. The summed E-state index contributed by atoms with van der Waals surface area (Å²) in [6, 6.07) is 0.457. The summed E-state index contributed by atoms with van der Waals surface area (Å²) in [7, 11) is 1.59. The monoisotopic (exact) mass is 266 g/mol. The van der Waals surface area contributed by atoms with Gasteiger partial charge in [0.05, 0.1) is 13.0 Å². The highest BCUT2D eigenvalue weighted by Gasteiger charge is 2.31. The Bertz CT molecular complexity index is 577. The van der Waals surface area contributed by atoms with Crippen molar-refractivity contribution < 1.29 is 4.74 Å². The maximum atomic E-state index is 5.99. The molecule has 1 aliphatic rings. The molecule has 2 heterocycles. The van der Waals surface area contributed by atoms with Crippen molar-refractivity contribution >= 4 is 22.8 Å². The van der Waals surface area contributed by atoms with E-state index in [1.165, 1.54) is 6.33 Å². The van der Waals surface area contributed by atoms with Crippen molar-refractivity contribution in [2.45, 2.75) is 31.7 Å². The van der Waals surface area contributed by atoms with E-state index in [1.807, 2.05) is 0 Å². The van der Waals surface area contributed by atoms with Gasteiger partial charge in [-0.3, -0.25) is 0 Å². The predicted molar refractivity (Wildman–Crippen MR) is 68.9 cm³/mol. The van der Waals surface area contributed by atoms with Crippen molar-refractivity contribution in [3.63, 3.8) is 0 Å². The minimum Gasteiger partial charge on any atom is -0.479 e. The van der Waals surface area contributed by atoms with Gasteiger partial charge in [-0.2, -0.15) is 4.98 Å². The molecule has 2 aromatic rings. The quantitative estimate of drug-likeness (QED) is 0.801. The molecule has 96 valence electrons. The highest BCUT2D eigenvalue weighted by molar-refractivity contribution is 6.16. The van der Waals surface area contributed by atoms with Gasteiger partial charge in [0.15, 0.2) is 11.2 Å². The zero-order chi connectivity index (χ0) is 12.7. The fraction of sp³-hybridized carbons (Fsp3) is 0.583. The molecule has 0 radical (unpaired) electrons. The summed E-state index contributed by atoms with van der Waals surface area (Å²) >= 11 is 5.99. The van der Waals surface area contributed by atoms with Crippen LogP contribution in [-0.2, 0) is 5.88 Å². The maximum Gasteiger partial charge on any atom is 0.245 e. The van der Waals surface area contributed by atoms with Crippen LogP contribution in [0.5, 0.6) is 5.88 Å². The van der Waals surface area contributed by atoms with E-state index in [2.05, 4.69) is 26.4 Å². The standard InChI is InChI=1S/C12H15ClN4O/c1-7-3-8(4-7)17-9(5-13)16-10-11(17)14-6-15-12(10)18-2/h6-8H,3-5H2,1-2H3. The molecule has 0 amide bonds. The molecule has 6 heteroatoms. The van der Waals surface area contributed by atoms with E-state index >= 15 is 0 Å². The molecular formula is C12H15ClN4O. The predicted octanol–water partition coefficient (Wildman–Crippen LogP) is 2.54. The summed E-state index contributed by atoms with van der Waals surface area (Å²) in [4.78, 5) is 12.9. The van der Waals surface area contributed by atoms with Gasteiger partial charge in [-0.25, -0.2) is 9.97 Å². The number of fused-ring (bicyclic) bond motifs is 1. The number of nitrogens with zero attached hydrogens (tertiary/aromatic N) is 4. The third-order valence-electron chi connectivity index (χ3n) is 3.54. The van der Waals surface area contributed by atoms with E-state index in [1.54, 1.807) is 7.11 Å². The van der Waals surface area contributed by atoms with Crippen LogP contribution < -0.4 is 4.74 Å². The van der Waals surface area contributed by atoms with Crippen molar-refractivity contribution in [2.75, 3.05) is 7.11 Å². The Hall–Kier alpha value is -1.36. The van der Waals surface area contributed by atoms with Crippen molar-refractivity contribution in [1.82, 2.24) is 19.5 Å². The number of methoxy groups -OCH3 is 1. The third kappa shape index (κ3) is 1.65. The van der Waals surface area contributed by atoms with Crippen molar-refractivity contribution in [1.29, 1.82) is 0 Å². The van der Waals surface area contributed by atoms with Gasteiger partial charge in [-0.1, -0.05) is 6.92 Å². The molecule has 0 spiro atoms. The number of halogens is 1. The van der Waals surface area contributed by atoms with E-state index in [-0.39, 0.29) is 0 Å². The molecule has 0 N–H and O–H groups in total. The fourth-order valence-corrected chi connectivity index (χ4v) is 2.82. The van der Waals surface area contributed by atoms with Gasteiger partial charge in [0.1, 0.15) is 12.2 Å². The first kappa shape index (κ1) is 11.7. The van der Waals surface area contributed by atoms with Crippen LogP contribution in [0.1, 0.15) is 31.6 Å². The maximum absolute atomic E-state index is 5.99. The molecule has 0 saturated heterocycles. The molecule has 0 bridgehead atoms. The summed E-state index contributed by atoms with van der Waals surface area (Å²) in [5, 5.41) is 0. The smallest absolute Gasteiger partial charge is 0.245 e. The molecule has 0 aromatic carbocycles. The average molecular weight is 267 g/mol. The SMILES string of the molecule is COc1ncnc2c1nc(CCl)n2C1CC(C)C1. The summed E-state index contributed by atoms with van der Waals surface area (Å²) in [5.41, 5.74) is 1.53. The molecule has 1 aliphatic carbocycles. The Labute approximate surface area is 110 Å². The lowest BCUT2D eigenvalue weighted by Gasteiger charge is -2.34. The van der Waals surface area contributed by atoms with Crippen molar-refractivity contribution in [2.24, 2.45) is 5.92 Å². The topological polar surface area (TPSA) is 52.8 Å². The second-order valence-corrected chi connectivity index (χ2v) is 5.08. The number of rotatable bonds is 3. The first-order chi connectivity index (χ1) is 8.74. The first-order valence-electron chi connectivity index (χ1n) is 6.06. The Kier molecular flexibility index (Phi) is 2.86. The first-order valence-corrected chi connectivity index (χ1v) is 6.59. The van der Waals surface area contributed by atoms with E-state index in [0.717, 1.165) is 30.2 Å². The zero-order valence-corrected chi connectivity index (χ0v) is 11.2. The second-order valence-electron chi connectivity index (χ2n) is 4.82. The van der Waals surface area contributed by atoms with Gasteiger partial charge in [-0.05, 0) is 18.8 Å². The Morgan fingerprint density at radius 3 is 2.83 bits per heavy atom. The van der Waals surface area contributed by atoms with Crippen LogP contribution in [0, 0.1) is 5.92 Å². The fourth-order valence-electron chi connectivity index (χ4n) is 2.63. The van der Waals surface area contributed by atoms with Crippen LogP contribution in [0.4, 0.5) is 0 Å². The van der Waals surface area contributed by atoms with Crippen LogP contribution in [0.3, 0.4) is 0 Å². The summed E-state index contributed by atoms with van der Waals surface area (Å²) < 4.78 is 7.37. The zero-order valence-electron chi connectivity index (χ0n) is 10.4. The Morgan fingerprint density at radius 2 is 2.22 bits per heavy atom. The van der Waals surface area contributed by atoms with Gasteiger partial charge >= 0.3 is 0 Å². The highest BCUT2D eigenvalue weighted by atomic mass is 35.5. The molecular weight excluding hydrogens is 252 g/mol. The van der Waals surface area contributed by atoms with Gasteiger partial charge < -0.3 is 9.30 Å². The average Bonchev–Trinajstić information content (AvgIpc) is 2.72. The molecule has 3 rings (SSSR count). The normalized spacial score (nSPS) is 23.1. The summed E-state index contributed by atoms with van der Waals surface area (Å²) in [6.45, 7) is 2.26. The van der Waals surface area contributed by atoms with E-state index in [4.69, 9.17) is 16.3 Å². The van der Waals surface area contributed by atoms with Gasteiger partial charge in [0.2, 0.25) is 5.88 Å². The lowest BCUT2D eigenvalue weighted by atomic mass is 9.81. The lowest BCUT2D eigenvalue weighted by molar-refractivity contribution is 0.217. The molecule has 0 unspecified atom stereocenters. The van der Waals surface area contributed by atoms with E-state index < -0.39 is 0 Å². The minimum absolute atomic E-state index is 0.379. The van der Waals surface area contributed by atoms with Crippen molar-refractivity contribution in [3.8, 4) is 5.88 Å². The van der Waals surface area contributed by atoms with Gasteiger partial charge in [-0.15, -0.1) is 11.6 Å². The number of ether oxygens (including phenoxy) is 1. The van der Waals surface area contributed by atoms with Crippen LogP contribution in [0.15, 0.2) is 6.33 Å².